The van der Waals surface area contributed by atoms with Crippen LogP contribution in [0.5, 0.6) is 0 Å². The van der Waals surface area contributed by atoms with E-state index in [1.165, 1.54) is 17.1 Å². The number of anilines is 1. The molecular weight excluding hydrogens is 433 g/mol. The van der Waals surface area contributed by atoms with E-state index in [1.807, 2.05) is 0 Å². The summed E-state index contributed by atoms with van der Waals surface area (Å²) >= 11 is 3.35. The molecule has 10 nitrogen and oxygen atoms in total. The van der Waals surface area contributed by atoms with Crippen molar-refractivity contribution in [2.45, 2.75) is 11.4 Å². The number of nitrogen functional groups attached to an aromatic ring is 1. The van der Waals surface area contributed by atoms with Gasteiger partial charge in [0.2, 0.25) is 0 Å². The molecule has 0 saturated carbocycles. The number of thiazole rings is 1. The number of aliphatic carboxylic acids is 1. The van der Waals surface area contributed by atoms with Gasteiger partial charge >= 0.3 is 5.97 Å². The van der Waals surface area contributed by atoms with Crippen molar-refractivity contribution in [1.29, 1.82) is 0 Å². The van der Waals surface area contributed by atoms with Gasteiger partial charge in [-0.15, -0.1) is 34.9 Å². The first kappa shape index (κ1) is 20.4. The number of rotatable bonds is 7. The van der Waals surface area contributed by atoms with Gasteiger partial charge < -0.3 is 21.4 Å². The lowest BCUT2D eigenvalue weighted by Crippen LogP contribution is -2.71. The van der Waals surface area contributed by atoms with Crippen molar-refractivity contribution >= 4 is 63.5 Å². The van der Waals surface area contributed by atoms with Crippen LogP contribution in [0.2, 0.25) is 0 Å². The van der Waals surface area contributed by atoms with E-state index in [9.17, 15) is 23.9 Å². The van der Waals surface area contributed by atoms with Gasteiger partial charge in [0.25, 0.3) is 11.8 Å². The Morgan fingerprint density at radius 3 is 2.86 bits per heavy atom. The molecule has 3 rings (SSSR count). The molecule has 0 aromatic carbocycles. The number of fused-ring (bicyclic) bond motifs is 1. The van der Waals surface area contributed by atoms with Crippen LogP contribution in [0.4, 0.5) is 9.52 Å². The van der Waals surface area contributed by atoms with Crippen molar-refractivity contribution in [3.8, 4) is 0 Å². The van der Waals surface area contributed by atoms with Crippen LogP contribution in [-0.2, 0) is 14.4 Å². The van der Waals surface area contributed by atoms with Crippen LogP contribution >= 0.6 is 34.9 Å². The number of oxime groups is 1. The fourth-order valence-electron chi connectivity index (χ4n) is 2.68. The van der Waals surface area contributed by atoms with Crippen molar-refractivity contribution < 1.29 is 29.1 Å². The predicted molar refractivity (Wildman–Crippen MR) is 103 cm³/mol. The molecule has 0 radical (unpaired) electrons. The molecule has 0 spiro atoms. The molecule has 0 bridgehead atoms. The maximum absolute atomic E-state index is 12.5. The van der Waals surface area contributed by atoms with E-state index in [1.54, 1.807) is 0 Å². The summed E-state index contributed by atoms with van der Waals surface area (Å²) in [4.78, 5) is 41.8. The molecular formula is C14H14FN5O5S3. The van der Waals surface area contributed by atoms with Crippen LogP contribution in [0.25, 0.3) is 0 Å². The number of thioether (sulfide) groups is 2. The molecule has 0 aliphatic carbocycles. The van der Waals surface area contributed by atoms with Gasteiger partial charge in [0.15, 0.2) is 10.8 Å². The fraction of sp³-hybridized carbons (Fsp3) is 0.357. The lowest BCUT2D eigenvalue weighted by molar-refractivity contribution is -0.150. The summed E-state index contributed by atoms with van der Waals surface area (Å²) in [6.07, 6.45) is 0. The Kier molecular flexibility index (Phi) is 6.10. The van der Waals surface area contributed by atoms with E-state index in [-0.39, 0.29) is 28.0 Å². The highest BCUT2D eigenvalue weighted by molar-refractivity contribution is 8.06. The molecule has 0 unspecified atom stereocenters. The molecule has 1 saturated heterocycles. The van der Waals surface area contributed by atoms with E-state index in [0.29, 0.717) is 4.91 Å². The second-order valence-corrected chi connectivity index (χ2v) is 8.68. The second kappa shape index (κ2) is 8.36. The standard InChI is InChI=1S/C14H14FN5O5S3/c15-1-2-26-6-4-27-12-8(11(22)20(12)9(6)13(23)24)18-10(21)7(19-25)5-3-28-14(16)17-5/h3,8,12,25H,1-2,4H2,(H2,16,17)(H,18,21)(H,23,24)/b19-7+/t8-,12-/m1/s1. The first-order valence-corrected chi connectivity index (χ1v) is 10.6. The summed E-state index contributed by atoms with van der Waals surface area (Å²) in [5.74, 6) is -2.38. The highest BCUT2D eigenvalue weighted by Crippen LogP contribution is 2.43. The minimum atomic E-state index is -1.29. The zero-order valence-corrected chi connectivity index (χ0v) is 16.4. The smallest absolute Gasteiger partial charge is 0.353 e. The maximum atomic E-state index is 12.5. The van der Waals surface area contributed by atoms with Crippen molar-refractivity contribution in [2.75, 3.05) is 23.9 Å². The van der Waals surface area contributed by atoms with E-state index in [2.05, 4.69) is 15.5 Å². The summed E-state index contributed by atoms with van der Waals surface area (Å²) < 4.78 is 12.4. The number of hydrogen-bond acceptors (Lipinski definition) is 10. The summed E-state index contributed by atoms with van der Waals surface area (Å²) in [5, 5.41) is 24.9. The number of β-lactam (4-membered cyclic amide) rings is 1. The summed E-state index contributed by atoms with van der Waals surface area (Å²) in [6, 6.07) is -0.993. The number of carboxylic acid groups (broad SMARTS) is 1. The van der Waals surface area contributed by atoms with Gasteiger partial charge in [0.1, 0.15) is 22.8 Å². The van der Waals surface area contributed by atoms with Crippen LogP contribution < -0.4 is 11.1 Å². The second-order valence-electron chi connectivity index (χ2n) is 5.49. The van der Waals surface area contributed by atoms with Crippen LogP contribution in [-0.4, -0.2) is 73.3 Å². The largest absolute Gasteiger partial charge is 0.477 e. The third kappa shape index (κ3) is 3.66. The molecule has 2 atom stereocenters. The number of nitrogens with one attached hydrogen (secondary N) is 1. The zero-order chi connectivity index (χ0) is 20.4. The van der Waals surface area contributed by atoms with Gasteiger partial charge in [-0.25, -0.2) is 9.78 Å². The highest BCUT2D eigenvalue weighted by Gasteiger charge is 2.54. The zero-order valence-electron chi connectivity index (χ0n) is 14.0. The SMILES string of the molecule is Nc1nc(/C(=N\O)C(=O)N[C@@H]2C(=O)N3C(C(=O)O)=C(SCCF)CS[C@H]23)cs1. The molecule has 2 aliphatic heterocycles. The number of carbonyl (C=O) groups is 3. The van der Waals surface area contributed by atoms with Crippen molar-refractivity contribution in [3.63, 3.8) is 0 Å². The van der Waals surface area contributed by atoms with Crippen LogP contribution in [0.1, 0.15) is 5.69 Å². The van der Waals surface area contributed by atoms with Crippen LogP contribution in [0.15, 0.2) is 21.1 Å². The van der Waals surface area contributed by atoms with Crippen molar-refractivity contribution in [1.82, 2.24) is 15.2 Å². The quantitative estimate of drug-likeness (QED) is 0.200. The number of aromatic nitrogens is 1. The number of carboxylic acids is 1. The molecule has 3 heterocycles. The number of nitrogens with two attached hydrogens (primary N) is 1. The molecule has 5 N–H and O–H groups in total. The number of halogens is 1. The summed E-state index contributed by atoms with van der Waals surface area (Å²) in [5.41, 5.74) is 4.95. The monoisotopic (exact) mass is 447 g/mol. The summed E-state index contributed by atoms with van der Waals surface area (Å²) in [6.45, 7) is -0.619. The van der Waals surface area contributed by atoms with E-state index in [4.69, 9.17) is 10.9 Å². The number of nitrogens with zero attached hydrogens (tertiary/aromatic N) is 3. The Labute approximate surface area is 170 Å². The predicted octanol–water partition coefficient (Wildman–Crippen LogP) is 0.302. The maximum Gasteiger partial charge on any atom is 0.353 e. The van der Waals surface area contributed by atoms with Crippen LogP contribution in [0.3, 0.4) is 0 Å². The Morgan fingerprint density at radius 1 is 1.54 bits per heavy atom. The molecule has 150 valence electrons. The minimum Gasteiger partial charge on any atom is -0.477 e. The molecule has 1 aromatic heterocycles. The lowest BCUT2D eigenvalue weighted by atomic mass is 10.0. The van der Waals surface area contributed by atoms with Gasteiger partial charge in [0.05, 0.1) is 6.67 Å². The van der Waals surface area contributed by atoms with Gasteiger partial charge in [0, 0.05) is 21.8 Å². The Bertz CT molecular complexity index is 888. The molecule has 14 heteroatoms. The average molecular weight is 447 g/mol. The summed E-state index contributed by atoms with van der Waals surface area (Å²) in [7, 11) is 0. The average Bonchev–Trinajstić information content (AvgIpc) is 3.09. The topological polar surface area (TPSA) is 158 Å². The van der Waals surface area contributed by atoms with Gasteiger partial charge in [-0.05, 0) is 0 Å². The number of alkyl halides is 1. The molecule has 2 aliphatic rings. The van der Waals surface area contributed by atoms with Crippen LogP contribution in [0, 0.1) is 0 Å². The third-order valence-corrected chi connectivity index (χ3v) is 7.04. The minimum absolute atomic E-state index is 0.0541. The van der Waals surface area contributed by atoms with E-state index >= 15 is 0 Å². The highest BCUT2D eigenvalue weighted by atomic mass is 32.2. The molecule has 2 amide bonds. The molecule has 1 fully saturated rings. The Morgan fingerprint density at radius 2 is 2.29 bits per heavy atom. The third-order valence-electron chi connectivity index (χ3n) is 3.86. The molecule has 1 aromatic rings. The van der Waals surface area contributed by atoms with E-state index in [0.717, 1.165) is 28.0 Å². The van der Waals surface area contributed by atoms with Gasteiger partial charge in [-0.1, -0.05) is 5.16 Å². The Balaban J connectivity index is 1.75. The Hall–Kier alpha value is -2.32. The van der Waals surface area contributed by atoms with Crippen molar-refractivity contribution in [2.24, 2.45) is 5.16 Å². The molecule has 28 heavy (non-hydrogen) atoms. The normalized spacial score (nSPS) is 22.0. The number of hydrogen-bond donors (Lipinski definition) is 4. The number of carbonyl (C=O) groups excluding carboxylic acids is 2. The van der Waals surface area contributed by atoms with Gasteiger partial charge in [-0.3, -0.25) is 18.9 Å². The first-order valence-electron chi connectivity index (χ1n) is 7.73. The lowest BCUT2D eigenvalue weighted by Gasteiger charge is -2.49. The van der Waals surface area contributed by atoms with E-state index < -0.39 is 41.6 Å². The van der Waals surface area contributed by atoms with Crippen molar-refractivity contribution in [3.05, 3.63) is 21.7 Å². The fourth-order valence-corrected chi connectivity index (χ4v) is 5.61. The first-order chi connectivity index (χ1) is 13.4. The number of amides is 2. The van der Waals surface area contributed by atoms with Gasteiger partial charge in [-0.2, -0.15) is 0 Å².